The van der Waals surface area contributed by atoms with Gasteiger partial charge in [-0.05, 0) is 42.0 Å². The van der Waals surface area contributed by atoms with E-state index in [0.717, 1.165) is 17.6 Å². The van der Waals surface area contributed by atoms with Crippen LogP contribution in [-0.2, 0) is 16.6 Å². The number of amides is 1. The lowest BCUT2D eigenvalue weighted by Gasteiger charge is -2.22. The molecule has 0 aliphatic heterocycles. The number of nitriles is 1. The number of halogens is 3. The Hall–Kier alpha value is -3.27. The maximum absolute atomic E-state index is 12.6. The van der Waals surface area contributed by atoms with Crippen LogP contribution < -0.4 is 14.4 Å². The number of sulfonamides is 1. The van der Waals surface area contributed by atoms with E-state index in [2.05, 4.69) is 9.72 Å². The van der Waals surface area contributed by atoms with E-state index in [1.54, 1.807) is 41.3 Å². The van der Waals surface area contributed by atoms with Gasteiger partial charge in [-0.1, -0.05) is 35.1 Å². The summed E-state index contributed by atoms with van der Waals surface area (Å²) in [6.45, 7) is -2.87. The molecule has 3 rings (SSSR count). The van der Waals surface area contributed by atoms with E-state index >= 15 is 0 Å². The van der Waals surface area contributed by atoms with Gasteiger partial charge in [0.05, 0.1) is 24.4 Å². The average Bonchev–Trinajstić information content (AvgIpc) is 3.12. The maximum atomic E-state index is 12.6. The zero-order valence-electron chi connectivity index (χ0n) is 16.8. The van der Waals surface area contributed by atoms with Crippen LogP contribution in [0.25, 0.3) is 0 Å². The van der Waals surface area contributed by atoms with Crippen molar-refractivity contribution < 1.29 is 26.7 Å². The van der Waals surface area contributed by atoms with Crippen molar-refractivity contribution in [3.63, 3.8) is 0 Å². The summed E-state index contributed by atoms with van der Waals surface area (Å²) in [5, 5.41) is 9.29. The quantitative estimate of drug-likeness (QED) is 0.479. The molecule has 0 atom stereocenters. The van der Waals surface area contributed by atoms with Crippen LogP contribution in [0.1, 0.15) is 21.6 Å². The van der Waals surface area contributed by atoms with E-state index in [-0.39, 0.29) is 27.5 Å². The third-order valence-corrected chi connectivity index (χ3v) is 5.90. The highest BCUT2D eigenvalue weighted by Gasteiger charge is 2.23. The minimum atomic E-state index is -3.84. The van der Waals surface area contributed by atoms with E-state index in [9.17, 15) is 22.0 Å². The molecule has 13 heteroatoms. The van der Waals surface area contributed by atoms with Gasteiger partial charge in [0.15, 0.2) is 10.8 Å². The summed E-state index contributed by atoms with van der Waals surface area (Å²) in [5.41, 5.74) is 1.27. The van der Waals surface area contributed by atoms with Gasteiger partial charge in [0.1, 0.15) is 10.1 Å². The van der Waals surface area contributed by atoms with Crippen molar-refractivity contribution in [2.45, 2.75) is 13.2 Å². The summed E-state index contributed by atoms with van der Waals surface area (Å²) >= 11 is 7.08. The number of alkyl halides is 2. The minimum Gasteiger partial charge on any atom is -0.435 e. The number of nitrogens with one attached hydrogen (secondary N) is 1. The van der Waals surface area contributed by atoms with E-state index < -0.39 is 22.5 Å². The molecule has 0 saturated carbocycles. The fourth-order valence-corrected chi connectivity index (χ4v) is 4.33. The number of hydrogen-bond acceptors (Lipinski definition) is 8. The first-order valence-corrected chi connectivity index (χ1v) is 12.1. The van der Waals surface area contributed by atoms with Crippen LogP contribution in [-0.4, -0.2) is 32.2 Å². The largest absolute Gasteiger partial charge is 0.435 e. The lowest BCUT2D eigenvalue weighted by molar-refractivity contribution is -0.0498. The highest BCUT2D eigenvalue weighted by Crippen LogP contribution is 2.36. The lowest BCUT2D eigenvalue weighted by Crippen LogP contribution is -2.29. The predicted molar refractivity (Wildman–Crippen MR) is 120 cm³/mol. The topological polar surface area (TPSA) is 112 Å². The van der Waals surface area contributed by atoms with E-state index in [4.69, 9.17) is 16.9 Å². The average molecular weight is 513 g/mol. The normalized spacial score (nSPS) is 11.2. The zero-order valence-corrected chi connectivity index (χ0v) is 19.2. The third kappa shape index (κ3) is 6.61. The number of carbonyl (C=O) groups is 1. The molecule has 2 aromatic carbocycles. The molecule has 0 unspecified atom stereocenters. The Morgan fingerprint density at radius 1 is 1.30 bits per heavy atom. The molecule has 1 aromatic heterocycles. The summed E-state index contributed by atoms with van der Waals surface area (Å²) in [7, 11) is -3.84. The van der Waals surface area contributed by atoms with Crippen molar-refractivity contribution in [1.82, 2.24) is 9.71 Å². The van der Waals surface area contributed by atoms with Gasteiger partial charge in [-0.3, -0.25) is 4.79 Å². The summed E-state index contributed by atoms with van der Waals surface area (Å²) in [6, 6.07) is 14.5. The fourth-order valence-electron chi connectivity index (χ4n) is 2.75. The van der Waals surface area contributed by atoms with Crippen molar-refractivity contribution in [2.75, 3.05) is 11.2 Å². The first kappa shape index (κ1) is 24.4. The maximum Gasteiger partial charge on any atom is 0.387 e. The Bertz CT molecular complexity index is 1310. The first-order valence-electron chi connectivity index (χ1n) is 9.05. The number of benzene rings is 2. The highest BCUT2D eigenvalue weighted by molar-refractivity contribution is 7.89. The Morgan fingerprint density at radius 3 is 2.61 bits per heavy atom. The van der Waals surface area contributed by atoms with Crippen molar-refractivity contribution >= 4 is 49.7 Å². The van der Waals surface area contributed by atoms with Gasteiger partial charge in [-0.25, -0.2) is 18.1 Å². The number of rotatable bonds is 8. The summed E-state index contributed by atoms with van der Waals surface area (Å²) in [6.07, 6.45) is 0.823. The number of carbonyl (C=O) groups excluding carboxylic acids is 1. The van der Waals surface area contributed by atoms with Gasteiger partial charge >= 0.3 is 6.61 Å². The lowest BCUT2D eigenvalue weighted by atomic mass is 10.1. The molecule has 172 valence electrons. The molecular formula is C20H15ClF2N4O4S2. The molecule has 1 heterocycles. The van der Waals surface area contributed by atoms with E-state index in [1.165, 1.54) is 12.1 Å². The standard InChI is InChI=1S/C20H15ClF2N4O4S2/c1-33(29,30)26-18(28)16-17(21)32-20(25-16)27(14-7-5-12(10-24)6-8-14)11-13-3-2-4-15(9-13)31-19(22)23/h2-9,19H,11H2,1H3,(H,26,28). The van der Waals surface area contributed by atoms with E-state index in [1.807, 2.05) is 10.8 Å². The SMILES string of the molecule is CS(=O)(=O)NC(=O)c1nc(N(Cc2cccc(OC(F)F)c2)c2ccc(C#N)cc2)sc1Cl. The molecule has 1 N–H and O–H groups in total. The van der Waals surface area contributed by atoms with Gasteiger partial charge in [-0.15, -0.1) is 0 Å². The van der Waals surface area contributed by atoms with Crippen molar-refractivity contribution in [2.24, 2.45) is 0 Å². The summed E-state index contributed by atoms with van der Waals surface area (Å²) in [4.78, 5) is 18.1. The van der Waals surface area contributed by atoms with Crippen LogP contribution in [0, 0.1) is 11.3 Å². The van der Waals surface area contributed by atoms with Gasteiger partial charge in [0.25, 0.3) is 5.91 Å². The van der Waals surface area contributed by atoms with E-state index in [0.29, 0.717) is 16.8 Å². The van der Waals surface area contributed by atoms with Crippen LogP contribution >= 0.6 is 22.9 Å². The van der Waals surface area contributed by atoms with Crippen LogP contribution in [0.2, 0.25) is 4.34 Å². The Kier molecular flexibility index (Phi) is 7.47. The Morgan fingerprint density at radius 2 is 2.00 bits per heavy atom. The van der Waals surface area contributed by atoms with Crippen molar-refractivity contribution in [3.05, 3.63) is 69.7 Å². The molecule has 0 bridgehead atoms. The van der Waals surface area contributed by atoms with Gasteiger partial charge in [0, 0.05) is 5.69 Å². The second-order valence-electron chi connectivity index (χ2n) is 6.59. The number of ether oxygens (including phenoxy) is 1. The van der Waals surface area contributed by atoms with Crippen molar-refractivity contribution in [1.29, 1.82) is 5.26 Å². The number of hydrogen-bond donors (Lipinski definition) is 1. The minimum absolute atomic E-state index is 0.0346. The van der Waals surface area contributed by atoms with Gasteiger partial charge in [-0.2, -0.15) is 14.0 Å². The molecule has 0 radical (unpaired) electrons. The first-order chi connectivity index (χ1) is 15.6. The molecule has 0 fully saturated rings. The van der Waals surface area contributed by atoms with Crippen LogP contribution in [0.5, 0.6) is 5.75 Å². The second kappa shape index (κ2) is 10.1. The fraction of sp³-hybridized carbons (Fsp3) is 0.150. The van der Waals surface area contributed by atoms with Crippen LogP contribution in [0.15, 0.2) is 48.5 Å². The van der Waals surface area contributed by atoms with Crippen molar-refractivity contribution in [3.8, 4) is 11.8 Å². The summed E-state index contributed by atoms with van der Waals surface area (Å²) < 4.78 is 54.2. The number of anilines is 2. The molecule has 0 saturated heterocycles. The van der Waals surface area contributed by atoms with Gasteiger partial charge in [0.2, 0.25) is 10.0 Å². The number of thiazole rings is 1. The molecule has 0 spiro atoms. The monoisotopic (exact) mass is 512 g/mol. The Labute approximate surface area is 197 Å². The predicted octanol–water partition coefficient (Wildman–Crippen LogP) is 4.30. The van der Waals surface area contributed by atoms with Crippen LogP contribution in [0.4, 0.5) is 19.6 Å². The van der Waals surface area contributed by atoms with Gasteiger partial charge < -0.3 is 9.64 Å². The third-order valence-electron chi connectivity index (χ3n) is 4.07. The Balaban J connectivity index is 2.00. The molecule has 3 aromatic rings. The zero-order chi connectivity index (χ0) is 24.2. The van der Waals surface area contributed by atoms with Crippen LogP contribution in [0.3, 0.4) is 0 Å². The molecule has 8 nitrogen and oxygen atoms in total. The second-order valence-corrected chi connectivity index (χ2v) is 9.92. The molecular weight excluding hydrogens is 498 g/mol. The number of aromatic nitrogens is 1. The smallest absolute Gasteiger partial charge is 0.387 e. The summed E-state index contributed by atoms with van der Waals surface area (Å²) in [5.74, 6) is -1.02. The molecule has 0 aliphatic carbocycles. The highest BCUT2D eigenvalue weighted by atomic mass is 35.5. The molecule has 0 aliphatic rings. The molecule has 33 heavy (non-hydrogen) atoms. The molecule has 1 amide bonds. The number of nitrogens with zero attached hydrogens (tertiary/aromatic N) is 3.